The van der Waals surface area contributed by atoms with Gasteiger partial charge in [-0.1, -0.05) is 18.2 Å². The number of urea groups is 1. The molecule has 0 spiro atoms. The minimum atomic E-state index is -0.127. The van der Waals surface area contributed by atoms with E-state index < -0.39 is 0 Å². The summed E-state index contributed by atoms with van der Waals surface area (Å²) in [5.41, 5.74) is 1.88. The van der Waals surface area contributed by atoms with Crippen molar-refractivity contribution in [1.82, 2.24) is 14.7 Å². The standard InChI is InChI=1S/C23H28N4O3S/c1-17-4-2-5-19(16-17)24-23(30)27-13-11-26(12-14-27)21(28)18-7-9-25(10-8-18)22(29)20-6-3-15-31-20/h2-6,15-16,18H,7-14H2,1H3,(H,24,30). The molecular weight excluding hydrogens is 412 g/mol. The van der Waals surface area contributed by atoms with Crippen LogP contribution in [0, 0.1) is 12.8 Å². The van der Waals surface area contributed by atoms with E-state index in [2.05, 4.69) is 5.32 Å². The first kappa shape index (κ1) is 21.4. The lowest BCUT2D eigenvalue weighted by molar-refractivity contribution is -0.138. The molecule has 1 aromatic carbocycles. The molecule has 2 fully saturated rings. The maximum Gasteiger partial charge on any atom is 0.321 e. The van der Waals surface area contributed by atoms with Crippen molar-refractivity contribution >= 4 is 34.9 Å². The number of anilines is 1. The fourth-order valence-electron chi connectivity index (χ4n) is 4.20. The number of rotatable bonds is 3. The number of nitrogens with zero attached hydrogens (tertiary/aromatic N) is 3. The van der Waals surface area contributed by atoms with Gasteiger partial charge in [0.05, 0.1) is 4.88 Å². The van der Waals surface area contributed by atoms with Crippen molar-refractivity contribution in [2.45, 2.75) is 19.8 Å². The second-order valence-corrected chi connectivity index (χ2v) is 9.10. The number of benzene rings is 1. The first-order valence-corrected chi connectivity index (χ1v) is 11.6. The third-order valence-corrected chi connectivity index (χ3v) is 6.87. The highest BCUT2D eigenvalue weighted by atomic mass is 32.1. The molecule has 0 aliphatic carbocycles. The van der Waals surface area contributed by atoms with Gasteiger partial charge in [0.1, 0.15) is 0 Å². The zero-order chi connectivity index (χ0) is 21.8. The molecule has 0 saturated carbocycles. The van der Waals surface area contributed by atoms with E-state index in [4.69, 9.17) is 0 Å². The first-order chi connectivity index (χ1) is 15.0. The van der Waals surface area contributed by atoms with Gasteiger partial charge in [-0.05, 0) is 48.9 Å². The van der Waals surface area contributed by atoms with Crippen molar-refractivity contribution in [3.63, 3.8) is 0 Å². The molecule has 2 aliphatic heterocycles. The van der Waals surface area contributed by atoms with Crippen molar-refractivity contribution in [3.05, 3.63) is 52.2 Å². The minimum Gasteiger partial charge on any atom is -0.339 e. The lowest BCUT2D eigenvalue weighted by Gasteiger charge is -2.38. The van der Waals surface area contributed by atoms with E-state index in [-0.39, 0.29) is 23.8 Å². The van der Waals surface area contributed by atoms with Crippen LogP contribution in [-0.4, -0.2) is 71.8 Å². The highest BCUT2D eigenvalue weighted by Gasteiger charge is 2.32. The van der Waals surface area contributed by atoms with Gasteiger partial charge in [-0.3, -0.25) is 9.59 Å². The maximum atomic E-state index is 13.0. The predicted octanol–water partition coefficient (Wildman–Crippen LogP) is 3.29. The number of carbonyl (C=O) groups excluding carboxylic acids is 3. The lowest BCUT2D eigenvalue weighted by Crippen LogP contribution is -2.53. The average Bonchev–Trinajstić information content (AvgIpc) is 3.33. The van der Waals surface area contributed by atoms with Crippen LogP contribution in [0.1, 0.15) is 28.1 Å². The summed E-state index contributed by atoms with van der Waals surface area (Å²) in [5.74, 6) is 0.177. The summed E-state index contributed by atoms with van der Waals surface area (Å²) in [6.07, 6.45) is 1.40. The second-order valence-electron chi connectivity index (χ2n) is 8.16. The Morgan fingerprint density at radius 1 is 0.903 bits per heavy atom. The molecule has 7 nitrogen and oxygen atoms in total. The number of likely N-dealkylation sites (tertiary alicyclic amines) is 1. The molecule has 2 saturated heterocycles. The third kappa shape index (κ3) is 5.07. The topological polar surface area (TPSA) is 73.0 Å². The smallest absolute Gasteiger partial charge is 0.321 e. The number of hydrogen-bond donors (Lipinski definition) is 1. The molecule has 0 unspecified atom stereocenters. The van der Waals surface area contributed by atoms with Gasteiger partial charge < -0.3 is 20.0 Å². The molecule has 3 heterocycles. The number of piperidine rings is 1. The van der Waals surface area contributed by atoms with Gasteiger partial charge in [-0.15, -0.1) is 11.3 Å². The Morgan fingerprint density at radius 3 is 2.26 bits per heavy atom. The molecule has 31 heavy (non-hydrogen) atoms. The fourth-order valence-corrected chi connectivity index (χ4v) is 4.89. The van der Waals surface area contributed by atoms with Crippen LogP contribution in [0.2, 0.25) is 0 Å². The Bertz CT molecular complexity index is 930. The quantitative estimate of drug-likeness (QED) is 0.796. The van der Waals surface area contributed by atoms with Crippen LogP contribution < -0.4 is 5.32 Å². The molecule has 8 heteroatoms. The van der Waals surface area contributed by atoms with Crippen LogP contribution in [0.15, 0.2) is 41.8 Å². The fraction of sp³-hybridized carbons (Fsp3) is 0.435. The SMILES string of the molecule is Cc1cccc(NC(=O)N2CCN(C(=O)C3CCN(C(=O)c4cccs4)CC3)CC2)c1. The maximum absolute atomic E-state index is 13.0. The second kappa shape index (κ2) is 9.51. The molecule has 1 aromatic heterocycles. The number of aryl methyl sites for hydroxylation is 1. The Balaban J connectivity index is 1.23. The Labute approximate surface area is 186 Å². The average molecular weight is 441 g/mol. The summed E-state index contributed by atoms with van der Waals surface area (Å²) < 4.78 is 0. The summed E-state index contributed by atoms with van der Waals surface area (Å²) in [5, 5.41) is 4.84. The number of piperazine rings is 1. The summed E-state index contributed by atoms with van der Waals surface area (Å²) in [4.78, 5) is 44.2. The lowest BCUT2D eigenvalue weighted by atomic mass is 9.95. The number of hydrogen-bond acceptors (Lipinski definition) is 4. The Kier molecular flexibility index (Phi) is 6.56. The zero-order valence-corrected chi connectivity index (χ0v) is 18.6. The van der Waals surface area contributed by atoms with Crippen LogP contribution in [0.3, 0.4) is 0 Å². The molecule has 164 valence electrons. The highest BCUT2D eigenvalue weighted by Crippen LogP contribution is 2.23. The monoisotopic (exact) mass is 440 g/mol. The van der Waals surface area contributed by atoms with Gasteiger partial charge in [-0.25, -0.2) is 4.79 Å². The van der Waals surface area contributed by atoms with Crippen molar-refractivity contribution in [2.75, 3.05) is 44.6 Å². The van der Waals surface area contributed by atoms with Gasteiger partial charge in [0, 0.05) is 50.9 Å². The number of nitrogens with one attached hydrogen (secondary N) is 1. The van der Waals surface area contributed by atoms with E-state index in [1.807, 2.05) is 58.5 Å². The van der Waals surface area contributed by atoms with Crippen LogP contribution in [0.25, 0.3) is 0 Å². The van der Waals surface area contributed by atoms with E-state index in [1.165, 1.54) is 11.3 Å². The normalized spacial score (nSPS) is 17.5. The van der Waals surface area contributed by atoms with Gasteiger partial charge in [-0.2, -0.15) is 0 Å². The van der Waals surface area contributed by atoms with Gasteiger partial charge in [0.25, 0.3) is 5.91 Å². The van der Waals surface area contributed by atoms with Crippen LogP contribution >= 0.6 is 11.3 Å². The van der Waals surface area contributed by atoms with Gasteiger partial charge in [0.2, 0.25) is 5.91 Å². The van der Waals surface area contributed by atoms with Crippen LogP contribution in [-0.2, 0) is 4.79 Å². The van der Waals surface area contributed by atoms with E-state index in [0.29, 0.717) is 52.1 Å². The summed E-state index contributed by atoms with van der Waals surface area (Å²) in [6.45, 7) is 5.38. The van der Waals surface area contributed by atoms with E-state index >= 15 is 0 Å². The summed E-state index contributed by atoms with van der Waals surface area (Å²) in [7, 11) is 0. The van der Waals surface area contributed by atoms with Gasteiger partial charge >= 0.3 is 6.03 Å². The van der Waals surface area contributed by atoms with E-state index in [1.54, 1.807) is 4.90 Å². The predicted molar refractivity (Wildman–Crippen MR) is 121 cm³/mol. The van der Waals surface area contributed by atoms with E-state index in [9.17, 15) is 14.4 Å². The molecule has 4 amide bonds. The molecule has 0 radical (unpaired) electrons. The zero-order valence-electron chi connectivity index (χ0n) is 17.8. The largest absolute Gasteiger partial charge is 0.339 e. The van der Waals surface area contributed by atoms with Crippen molar-refractivity contribution in [1.29, 1.82) is 0 Å². The minimum absolute atomic E-state index is 0.0416. The van der Waals surface area contributed by atoms with Crippen LogP contribution in [0.5, 0.6) is 0 Å². The molecule has 1 N–H and O–H groups in total. The van der Waals surface area contributed by atoms with Gasteiger partial charge in [0.15, 0.2) is 0 Å². The van der Waals surface area contributed by atoms with Crippen LogP contribution in [0.4, 0.5) is 10.5 Å². The number of carbonyl (C=O) groups is 3. The van der Waals surface area contributed by atoms with Crippen molar-refractivity contribution in [3.8, 4) is 0 Å². The first-order valence-electron chi connectivity index (χ1n) is 10.8. The molecule has 0 bridgehead atoms. The molecule has 2 aromatic rings. The summed E-state index contributed by atoms with van der Waals surface area (Å²) in [6, 6.07) is 11.3. The Hall–Kier alpha value is -2.87. The summed E-state index contributed by atoms with van der Waals surface area (Å²) >= 11 is 1.45. The van der Waals surface area contributed by atoms with Crippen molar-refractivity contribution < 1.29 is 14.4 Å². The number of amides is 4. The van der Waals surface area contributed by atoms with E-state index in [0.717, 1.165) is 16.1 Å². The molecular formula is C23H28N4O3S. The van der Waals surface area contributed by atoms with Crippen molar-refractivity contribution in [2.24, 2.45) is 5.92 Å². The molecule has 4 rings (SSSR count). The molecule has 2 aliphatic rings. The Morgan fingerprint density at radius 2 is 1.61 bits per heavy atom. The molecule has 0 atom stereocenters. The third-order valence-electron chi connectivity index (χ3n) is 6.01. The highest BCUT2D eigenvalue weighted by molar-refractivity contribution is 7.12. The number of thiophene rings is 1.